The fourth-order valence-corrected chi connectivity index (χ4v) is 7.84. The van der Waals surface area contributed by atoms with Gasteiger partial charge < -0.3 is 34.5 Å². The monoisotopic (exact) mass is 763 g/mol. The van der Waals surface area contributed by atoms with Crippen LogP contribution >= 0.6 is 0 Å². The highest BCUT2D eigenvalue weighted by molar-refractivity contribution is 7.91. The van der Waals surface area contributed by atoms with Crippen LogP contribution in [0.4, 0.5) is 13.6 Å². The zero-order chi connectivity index (χ0) is 38.9. The number of carbonyl (C=O) groups excluding carboxylic acids is 4. The number of benzene rings is 1. The molecular formula is C35H43F2N5O10S. The Morgan fingerprint density at radius 2 is 1.75 bits per heavy atom. The first-order chi connectivity index (χ1) is 24.5. The van der Waals surface area contributed by atoms with Gasteiger partial charge in [-0.25, -0.2) is 18.2 Å². The van der Waals surface area contributed by atoms with Crippen molar-refractivity contribution in [2.24, 2.45) is 11.3 Å². The van der Waals surface area contributed by atoms with Crippen molar-refractivity contribution in [3.63, 3.8) is 0 Å². The average Bonchev–Trinajstić information content (AvgIpc) is 3.93. The molecule has 0 radical (unpaired) electrons. The van der Waals surface area contributed by atoms with E-state index < -0.39 is 86.0 Å². The first-order valence-corrected chi connectivity index (χ1v) is 18.7. The van der Waals surface area contributed by atoms with Gasteiger partial charge in [0, 0.05) is 23.9 Å². The fraction of sp³-hybridized carbons (Fsp3) is 0.571. The highest BCUT2D eigenvalue weighted by Crippen LogP contribution is 2.46. The predicted molar refractivity (Wildman–Crippen MR) is 184 cm³/mol. The van der Waals surface area contributed by atoms with Gasteiger partial charge in [0.1, 0.15) is 29.3 Å². The summed E-state index contributed by atoms with van der Waals surface area (Å²) in [7, 11) is -3.95. The molecule has 5 atom stereocenters. The van der Waals surface area contributed by atoms with Gasteiger partial charge in [0.05, 0.1) is 11.8 Å². The van der Waals surface area contributed by atoms with E-state index in [1.54, 1.807) is 47.6 Å². The van der Waals surface area contributed by atoms with Gasteiger partial charge in [0.2, 0.25) is 27.7 Å². The van der Waals surface area contributed by atoms with Gasteiger partial charge in [-0.15, -0.1) is 15.4 Å². The highest BCUT2D eigenvalue weighted by atomic mass is 32.2. The lowest BCUT2D eigenvalue weighted by molar-refractivity contribution is -0.286. The largest absolute Gasteiger partial charge is 0.586 e. The van der Waals surface area contributed by atoms with Crippen LogP contribution in [0, 0.1) is 11.3 Å². The molecule has 4 amide bonds. The number of aromatic nitrogens is 1. The van der Waals surface area contributed by atoms with Crippen molar-refractivity contribution >= 4 is 44.6 Å². The van der Waals surface area contributed by atoms with Crippen LogP contribution in [-0.4, -0.2) is 89.5 Å². The number of carbonyl (C=O) groups is 4. The Morgan fingerprint density at radius 1 is 1.09 bits per heavy atom. The van der Waals surface area contributed by atoms with Crippen molar-refractivity contribution in [1.82, 2.24) is 25.2 Å². The SMILES string of the molecule is C=C[C@@H]1C[C@]1(NC(=O)[C@@H]1C[C@@H](Oc2nccc3cc4c(cc23)OC(F)(F)O4)CN1C(=O)[C@@H](NC(=O)OC(C)(C)C)C(C)(C)C)C(=O)NS(=O)(=O)C1CC1. The number of halogens is 2. The zero-order valence-electron chi connectivity index (χ0n) is 30.2. The lowest BCUT2D eigenvalue weighted by atomic mass is 9.85. The number of likely N-dealkylation sites (tertiary alicyclic amines) is 1. The Kier molecular flexibility index (Phi) is 9.31. The van der Waals surface area contributed by atoms with Gasteiger partial charge in [0.15, 0.2) is 11.5 Å². The summed E-state index contributed by atoms with van der Waals surface area (Å²) in [5.41, 5.74) is -3.40. The van der Waals surface area contributed by atoms with Gasteiger partial charge in [-0.1, -0.05) is 26.8 Å². The van der Waals surface area contributed by atoms with Crippen molar-refractivity contribution in [1.29, 1.82) is 0 Å². The van der Waals surface area contributed by atoms with Crippen LogP contribution in [0.15, 0.2) is 37.1 Å². The van der Waals surface area contributed by atoms with E-state index in [0.29, 0.717) is 18.2 Å². The number of hydrogen-bond donors (Lipinski definition) is 3. The van der Waals surface area contributed by atoms with Crippen LogP contribution in [-0.2, 0) is 29.1 Å². The van der Waals surface area contributed by atoms with E-state index >= 15 is 0 Å². The van der Waals surface area contributed by atoms with Crippen molar-refractivity contribution < 1.29 is 55.3 Å². The van der Waals surface area contributed by atoms with E-state index in [1.165, 1.54) is 29.3 Å². The number of fused-ring (bicyclic) bond motifs is 2. The topological polar surface area (TPSA) is 192 Å². The molecular weight excluding hydrogens is 720 g/mol. The smallest absolute Gasteiger partial charge is 0.472 e. The maximum atomic E-state index is 14.4. The summed E-state index contributed by atoms with van der Waals surface area (Å²) in [4.78, 5) is 60.5. The molecule has 1 aromatic heterocycles. The lowest BCUT2D eigenvalue weighted by Gasteiger charge is -2.36. The summed E-state index contributed by atoms with van der Waals surface area (Å²) in [6, 6.07) is 1.71. The molecule has 2 aromatic rings. The minimum atomic E-state index is -3.95. The summed E-state index contributed by atoms with van der Waals surface area (Å²) in [5, 5.41) is 5.38. The Hall–Kier alpha value is -4.74. The number of amides is 4. The number of alkyl halides is 2. The minimum absolute atomic E-state index is 0.00290. The first-order valence-electron chi connectivity index (χ1n) is 17.2. The second-order valence-corrected chi connectivity index (χ2v) is 17.9. The molecule has 1 saturated heterocycles. The van der Waals surface area contributed by atoms with Gasteiger partial charge >= 0.3 is 12.4 Å². The molecule has 15 nitrogen and oxygen atoms in total. The van der Waals surface area contributed by atoms with Crippen LogP contribution < -0.4 is 29.6 Å². The molecule has 2 aliphatic heterocycles. The van der Waals surface area contributed by atoms with Crippen LogP contribution in [0.25, 0.3) is 10.8 Å². The number of hydrogen-bond acceptors (Lipinski definition) is 11. The first kappa shape index (κ1) is 38.0. The number of nitrogens with one attached hydrogen (secondary N) is 3. The van der Waals surface area contributed by atoms with Crippen LogP contribution in [0.5, 0.6) is 17.4 Å². The number of rotatable bonds is 10. The van der Waals surface area contributed by atoms with Crippen molar-refractivity contribution in [3.8, 4) is 17.4 Å². The third-order valence-corrected chi connectivity index (χ3v) is 11.2. The second-order valence-electron chi connectivity index (χ2n) is 15.9. The van der Waals surface area contributed by atoms with Gasteiger partial charge in [-0.2, -0.15) is 0 Å². The van der Waals surface area contributed by atoms with E-state index in [0.717, 1.165) is 0 Å². The standard InChI is InChI=1S/C35H43F2N5O10S/c1-8-19-16-34(19,30(45)41-53(47,48)21-9-10-21)40-27(43)23-14-20(17-42(23)29(44)26(32(2,3)4)39-31(46)52-33(5,6)7)49-28-22-15-25-24(50-35(36,37)51-25)13-18(22)11-12-38-28/h8,11-13,15,19-21,23,26H,1,9-10,14,16-17H2,2-7H3,(H,39,46)(H,40,43)(H,41,45)/t19-,20-,23+,26-,34-/m1/s1. The summed E-state index contributed by atoms with van der Waals surface area (Å²) < 4.78 is 76.0. The summed E-state index contributed by atoms with van der Waals surface area (Å²) >= 11 is 0. The van der Waals surface area contributed by atoms with E-state index in [4.69, 9.17) is 9.47 Å². The minimum Gasteiger partial charge on any atom is -0.472 e. The fourth-order valence-electron chi connectivity index (χ4n) is 6.48. The number of nitrogens with zero attached hydrogens (tertiary/aromatic N) is 2. The lowest BCUT2D eigenvalue weighted by Crippen LogP contribution is -2.60. The molecule has 0 unspecified atom stereocenters. The molecule has 3 fully saturated rings. The van der Waals surface area contributed by atoms with Crippen molar-refractivity contribution in [3.05, 3.63) is 37.1 Å². The second kappa shape index (κ2) is 13.0. The molecule has 288 valence electrons. The van der Waals surface area contributed by atoms with Crippen molar-refractivity contribution in [2.45, 2.75) is 108 Å². The maximum Gasteiger partial charge on any atom is 0.586 e. The Balaban J connectivity index is 1.30. The molecule has 3 heterocycles. The van der Waals surface area contributed by atoms with Crippen LogP contribution in [0.3, 0.4) is 0 Å². The molecule has 2 aliphatic carbocycles. The Labute approximate surface area is 305 Å². The van der Waals surface area contributed by atoms with Gasteiger partial charge in [0.25, 0.3) is 5.91 Å². The summed E-state index contributed by atoms with van der Waals surface area (Å²) in [5.74, 6) is -3.34. The van der Waals surface area contributed by atoms with Gasteiger partial charge in [-0.05, 0) is 69.0 Å². The number of ether oxygens (including phenoxy) is 4. The third-order valence-electron chi connectivity index (χ3n) is 9.40. The summed E-state index contributed by atoms with van der Waals surface area (Å²) in [6.07, 6.45) is -2.00. The predicted octanol–water partition coefficient (Wildman–Crippen LogP) is 3.51. The average molecular weight is 764 g/mol. The molecule has 53 heavy (non-hydrogen) atoms. The molecule has 4 aliphatic rings. The van der Waals surface area contributed by atoms with Crippen molar-refractivity contribution in [2.75, 3.05) is 6.54 Å². The number of sulfonamides is 1. The van der Waals surface area contributed by atoms with Gasteiger partial charge in [-0.3, -0.25) is 19.1 Å². The molecule has 18 heteroatoms. The van der Waals surface area contributed by atoms with E-state index in [2.05, 4.69) is 36.4 Å². The molecule has 3 N–H and O–H groups in total. The highest BCUT2D eigenvalue weighted by Gasteiger charge is 2.62. The molecule has 0 spiro atoms. The third kappa shape index (κ3) is 7.96. The molecule has 1 aromatic carbocycles. The Bertz CT molecular complexity index is 1980. The van der Waals surface area contributed by atoms with E-state index in [9.17, 15) is 36.4 Å². The number of alkyl carbamates (subject to hydrolysis) is 1. The molecule has 2 saturated carbocycles. The molecule has 0 bridgehead atoms. The Morgan fingerprint density at radius 3 is 2.34 bits per heavy atom. The van der Waals surface area contributed by atoms with Crippen LogP contribution in [0.1, 0.15) is 67.2 Å². The maximum absolute atomic E-state index is 14.4. The quantitative estimate of drug-likeness (QED) is 0.300. The normalized spacial score (nSPS) is 25.3. The van der Waals surface area contributed by atoms with Crippen LogP contribution in [0.2, 0.25) is 0 Å². The van der Waals surface area contributed by atoms with E-state index in [1.807, 2.05) is 0 Å². The summed E-state index contributed by atoms with van der Waals surface area (Å²) in [6.45, 7) is 13.7. The van der Waals surface area contributed by atoms with E-state index in [-0.39, 0.29) is 42.2 Å². The zero-order valence-corrected chi connectivity index (χ0v) is 31.0. The number of pyridine rings is 1. The molecule has 6 rings (SSSR count).